The Bertz CT molecular complexity index is 723. The topological polar surface area (TPSA) is 93.4 Å². The highest BCUT2D eigenvalue weighted by atomic mass is 19.1. The molecule has 2 aromatic rings. The van der Waals surface area contributed by atoms with E-state index < -0.39 is 17.5 Å². The minimum Gasteiger partial charge on any atom is -0.508 e. The molecule has 2 aromatic carbocycles. The Hall–Kier alpha value is -3.07. The van der Waals surface area contributed by atoms with Gasteiger partial charge < -0.3 is 15.5 Å². The highest BCUT2D eigenvalue weighted by Gasteiger charge is 2.14. The Morgan fingerprint density at radius 3 is 2.60 bits per heavy atom. The Labute approximate surface area is 113 Å². The lowest BCUT2D eigenvalue weighted by Gasteiger charge is -2.08. The summed E-state index contributed by atoms with van der Waals surface area (Å²) in [6, 6.07) is 8.60. The largest absolute Gasteiger partial charge is 0.508 e. The van der Waals surface area contributed by atoms with E-state index in [4.69, 9.17) is 10.4 Å². The molecule has 0 unspecified atom stereocenters. The van der Waals surface area contributed by atoms with Gasteiger partial charge in [-0.25, -0.2) is 4.39 Å². The summed E-state index contributed by atoms with van der Waals surface area (Å²) in [5.41, 5.74) is 0.0269. The lowest BCUT2D eigenvalue weighted by atomic mass is 10.1. The first kappa shape index (κ1) is 13.4. The minimum absolute atomic E-state index is 0.0309. The molecular weight excluding hydrogens is 263 g/mol. The zero-order chi connectivity index (χ0) is 14.7. The van der Waals surface area contributed by atoms with Crippen molar-refractivity contribution < 1.29 is 19.4 Å². The number of carbonyl (C=O) groups excluding carboxylic acids is 1. The van der Waals surface area contributed by atoms with E-state index in [-0.39, 0.29) is 22.6 Å². The summed E-state index contributed by atoms with van der Waals surface area (Å²) in [5.74, 6) is -1.85. The molecule has 0 aliphatic carbocycles. The van der Waals surface area contributed by atoms with Crippen LogP contribution in [0.15, 0.2) is 36.4 Å². The zero-order valence-corrected chi connectivity index (χ0v) is 10.1. The smallest absolute Gasteiger partial charge is 0.259 e. The molecule has 0 fully saturated rings. The van der Waals surface area contributed by atoms with E-state index in [0.717, 1.165) is 18.2 Å². The number of phenolic OH excluding ortho intramolecular Hbond substituents is 2. The van der Waals surface area contributed by atoms with Gasteiger partial charge in [0.05, 0.1) is 16.8 Å². The van der Waals surface area contributed by atoms with Crippen molar-refractivity contribution in [3.05, 3.63) is 53.3 Å². The molecule has 0 aliphatic heterocycles. The van der Waals surface area contributed by atoms with Gasteiger partial charge in [-0.2, -0.15) is 5.26 Å². The molecular formula is C14H9FN2O3. The van der Waals surface area contributed by atoms with Crippen molar-refractivity contribution in [3.63, 3.8) is 0 Å². The van der Waals surface area contributed by atoms with Gasteiger partial charge in [0.15, 0.2) is 0 Å². The lowest BCUT2D eigenvalue weighted by Crippen LogP contribution is -2.13. The number of anilines is 1. The lowest BCUT2D eigenvalue weighted by molar-refractivity contribution is 0.102. The number of carbonyl (C=O) groups is 1. The summed E-state index contributed by atoms with van der Waals surface area (Å²) in [6.45, 7) is 0. The van der Waals surface area contributed by atoms with Gasteiger partial charge in [0.2, 0.25) is 0 Å². The van der Waals surface area contributed by atoms with Crippen molar-refractivity contribution in [2.24, 2.45) is 0 Å². The third-order valence-corrected chi connectivity index (χ3v) is 2.58. The summed E-state index contributed by atoms with van der Waals surface area (Å²) in [4.78, 5) is 11.9. The molecule has 5 nitrogen and oxygen atoms in total. The van der Waals surface area contributed by atoms with Crippen LogP contribution in [0.2, 0.25) is 0 Å². The number of halogens is 1. The maximum Gasteiger partial charge on any atom is 0.259 e. The number of amides is 1. The molecule has 1 amide bonds. The van der Waals surface area contributed by atoms with Crippen molar-refractivity contribution in [2.45, 2.75) is 0 Å². The summed E-state index contributed by atoms with van der Waals surface area (Å²) in [5, 5.41) is 30.0. The highest BCUT2D eigenvalue weighted by molar-refractivity contribution is 6.06. The van der Waals surface area contributed by atoms with Crippen LogP contribution >= 0.6 is 0 Å². The Morgan fingerprint density at radius 1 is 1.20 bits per heavy atom. The molecule has 6 heteroatoms. The average molecular weight is 272 g/mol. The number of benzene rings is 2. The van der Waals surface area contributed by atoms with Crippen LogP contribution in [0.1, 0.15) is 15.9 Å². The summed E-state index contributed by atoms with van der Waals surface area (Å²) in [7, 11) is 0. The number of hydrogen-bond acceptors (Lipinski definition) is 4. The van der Waals surface area contributed by atoms with Crippen molar-refractivity contribution in [2.75, 3.05) is 5.32 Å². The van der Waals surface area contributed by atoms with Gasteiger partial charge in [-0.05, 0) is 30.3 Å². The fourth-order valence-corrected chi connectivity index (χ4v) is 1.62. The maximum atomic E-state index is 13.0. The Morgan fingerprint density at radius 2 is 1.95 bits per heavy atom. The van der Waals surface area contributed by atoms with E-state index in [9.17, 15) is 14.3 Å². The third-order valence-electron chi connectivity index (χ3n) is 2.58. The van der Waals surface area contributed by atoms with Crippen molar-refractivity contribution in [1.82, 2.24) is 0 Å². The van der Waals surface area contributed by atoms with Gasteiger partial charge in [-0.1, -0.05) is 0 Å². The summed E-state index contributed by atoms with van der Waals surface area (Å²) >= 11 is 0. The fourth-order valence-electron chi connectivity index (χ4n) is 1.62. The quantitative estimate of drug-likeness (QED) is 0.782. The molecule has 100 valence electrons. The van der Waals surface area contributed by atoms with E-state index in [2.05, 4.69) is 5.32 Å². The van der Waals surface area contributed by atoms with E-state index >= 15 is 0 Å². The molecule has 0 saturated heterocycles. The number of nitriles is 1. The Kier molecular flexibility index (Phi) is 3.53. The van der Waals surface area contributed by atoms with E-state index in [0.29, 0.717) is 0 Å². The van der Waals surface area contributed by atoms with Crippen LogP contribution in [0, 0.1) is 17.1 Å². The van der Waals surface area contributed by atoms with Gasteiger partial charge in [0, 0.05) is 6.07 Å². The number of aromatic hydroxyl groups is 2. The second kappa shape index (κ2) is 5.28. The van der Waals surface area contributed by atoms with Crippen LogP contribution in [0.25, 0.3) is 0 Å². The first-order valence-electron chi connectivity index (χ1n) is 5.54. The number of hydrogen-bond donors (Lipinski definition) is 3. The molecule has 3 N–H and O–H groups in total. The number of rotatable bonds is 2. The fraction of sp³-hybridized carbons (Fsp3) is 0. The third kappa shape index (κ3) is 2.67. The first-order chi connectivity index (χ1) is 9.51. The van der Waals surface area contributed by atoms with Crippen LogP contribution in [0.3, 0.4) is 0 Å². The SMILES string of the molecule is N#Cc1cc(F)ccc1NC(=O)c1ccc(O)cc1O. The van der Waals surface area contributed by atoms with Gasteiger partial charge in [0.25, 0.3) is 5.91 Å². The highest BCUT2D eigenvalue weighted by Crippen LogP contribution is 2.24. The number of nitrogens with one attached hydrogen (secondary N) is 1. The molecule has 0 bridgehead atoms. The molecule has 0 aromatic heterocycles. The van der Waals surface area contributed by atoms with E-state index in [1.54, 1.807) is 6.07 Å². The molecule has 0 spiro atoms. The summed E-state index contributed by atoms with van der Waals surface area (Å²) in [6.07, 6.45) is 0. The maximum absolute atomic E-state index is 13.0. The predicted octanol–water partition coefficient (Wildman–Crippen LogP) is 2.36. The standard InChI is InChI=1S/C14H9FN2O3/c15-9-1-4-12(8(5-9)7-16)17-14(20)11-3-2-10(18)6-13(11)19/h1-6,18-19H,(H,17,20). The molecule has 20 heavy (non-hydrogen) atoms. The van der Waals surface area contributed by atoms with E-state index in [1.165, 1.54) is 18.2 Å². The summed E-state index contributed by atoms with van der Waals surface area (Å²) < 4.78 is 13.0. The minimum atomic E-state index is -0.675. The van der Waals surface area contributed by atoms with Gasteiger partial charge in [-0.15, -0.1) is 0 Å². The molecule has 2 rings (SSSR count). The van der Waals surface area contributed by atoms with E-state index in [1.807, 2.05) is 0 Å². The van der Waals surface area contributed by atoms with Gasteiger partial charge >= 0.3 is 0 Å². The van der Waals surface area contributed by atoms with Crippen molar-refractivity contribution in [3.8, 4) is 17.6 Å². The van der Waals surface area contributed by atoms with Crippen molar-refractivity contribution >= 4 is 11.6 Å². The van der Waals surface area contributed by atoms with Gasteiger partial charge in [0.1, 0.15) is 23.4 Å². The van der Waals surface area contributed by atoms with Gasteiger partial charge in [-0.3, -0.25) is 4.79 Å². The monoisotopic (exact) mass is 272 g/mol. The molecule has 0 saturated carbocycles. The first-order valence-corrected chi connectivity index (χ1v) is 5.54. The molecule has 0 atom stereocenters. The predicted molar refractivity (Wildman–Crippen MR) is 68.8 cm³/mol. The molecule has 0 radical (unpaired) electrons. The Balaban J connectivity index is 2.31. The number of nitrogens with zero attached hydrogens (tertiary/aromatic N) is 1. The zero-order valence-electron chi connectivity index (χ0n) is 10.1. The van der Waals surface area contributed by atoms with Crippen LogP contribution in [0.5, 0.6) is 11.5 Å². The number of phenols is 2. The van der Waals surface area contributed by atoms with Crippen LogP contribution in [-0.4, -0.2) is 16.1 Å². The normalized spacial score (nSPS) is 9.80. The average Bonchev–Trinajstić information content (AvgIpc) is 2.40. The van der Waals surface area contributed by atoms with Crippen LogP contribution in [0.4, 0.5) is 10.1 Å². The second-order valence-corrected chi connectivity index (χ2v) is 3.96. The van der Waals surface area contributed by atoms with Crippen LogP contribution in [-0.2, 0) is 0 Å². The molecule has 0 heterocycles. The second-order valence-electron chi connectivity index (χ2n) is 3.96. The van der Waals surface area contributed by atoms with Crippen molar-refractivity contribution in [1.29, 1.82) is 5.26 Å². The van der Waals surface area contributed by atoms with Crippen LogP contribution < -0.4 is 5.32 Å². The molecule has 0 aliphatic rings.